The van der Waals surface area contributed by atoms with Crippen LogP contribution in [0.1, 0.15) is 39.5 Å². The molecule has 2 rings (SSSR count). The average molecular weight is 320 g/mol. The topological polar surface area (TPSA) is 70.6 Å². The molecule has 0 unspecified atom stereocenters. The number of aliphatic hydroxyl groups excluding tert-OH is 1. The zero-order valence-electron chi connectivity index (χ0n) is 14.1. The van der Waals surface area contributed by atoms with Crippen molar-refractivity contribution in [3.63, 3.8) is 0 Å². The Morgan fingerprint density at radius 3 is 2.78 bits per heavy atom. The second kappa shape index (κ2) is 8.20. The van der Waals surface area contributed by atoms with Gasteiger partial charge in [-0.15, -0.1) is 0 Å². The number of benzene rings is 1. The molecule has 0 spiro atoms. The summed E-state index contributed by atoms with van der Waals surface area (Å²) in [5.41, 5.74) is 0.600. The quantitative estimate of drug-likeness (QED) is 0.611. The Labute approximate surface area is 138 Å². The maximum absolute atomic E-state index is 12.0. The van der Waals surface area contributed by atoms with E-state index in [0.29, 0.717) is 18.2 Å². The van der Waals surface area contributed by atoms with Gasteiger partial charge < -0.3 is 20.5 Å². The van der Waals surface area contributed by atoms with E-state index in [-0.39, 0.29) is 18.1 Å². The van der Waals surface area contributed by atoms with Crippen molar-refractivity contribution >= 4 is 11.7 Å². The molecule has 23 heavy (non-hydrogen) atoms. The summed E-state index contributed by atoms with van der Waals surface area (Å²) in [5, 5.41) is 14.9. The second-order valence-electron chi connectivity index (χ2n) is 7.06. The van der Waals surface area contributed by atoms with Gasteiger partial charge >= 0.3 is 6.03 Å². The molecule has 1 aliphatic rings. The van der Waals surface area contributed by atoms with Crippen LogP contribution in [0.4, 0.5) is 10.5 Å². The van der Waals surface area contributed by atoms with Crippen LogP contribution >= 0.6 is 0 Å². The minimum atomic E-state index is -0.228. The third-order valence-electron chi connectivity index (χ3n) is 4.05. The fourth-order valence-electron chi connectivity index (χ4n) is 2.20. The number of hydrogen-bond donors (Lipinski definition) is 3. The lowest BCUT2D eigenvalue weighted by atomic mass is 9.89. The molecule has 0 atom stereocenters. The van der Waals surface area contributed by atoms with E-state index in [2.05, 4.69) is 10.6 Å². The third-order valence-corrected chi connectivity index (χ3v) is 4.05. The molecule has 0 saturated heterocycles. The van der Waals surface area contributed by atoms with Crippen molar-refractivity contribution in [2.75, 3.05) is 25.1 Å². The predicted molar refractivity (Wildman–Crippen MR) is 91.8 cm³/mol. The number of amides is 2. The third kappa shape index (κ3) is 6.48. The largest absolute Gasteiger partial charge is 0.491 e. The Bertz CT molecular complexity index is 513. The highest BCUT2D eigenvalue weighted by Gasteiger charge is 2.22. The number of nitrogens with one attached hydrogen (secondary N) is 2. The van der Waals surface area contributed by atoms with Crippen molar-refractivity contribution in [3.05, 3.63) is 24.3 Å². The number of ether oxygens (including phenoxy) is 1. The van der Waals surface area contributed by atoms with Gasteiger partial charge in [0.15, 0.2) is 0 Å². The summed E-state index contributed by atoms with van der Waals surface area (Å²) in [6.45, 7) is 5.49. The zero-order valence-corrected chi connectivity index (χ0v) is 14.1. The van der Waals surface area contributed by atoms with Crippen LogP contribution in [0.5, 0.6) is 5.75 Å². The fraction of sp³-hybridized carbons (Fsp3) is 0.611. The van der Waals surface area contributed by atoms with Gasteiger partial charge in [0.1, 0.15) is 5.75 Å². The van der Waals surface area contributed by atoms with Crippen molar-refractivity contribution < 1.29 is 14.6 Å². The Kier molecular flexibility index (Phi) is 6.28. The van der Waals surface area contributed by atoms with Crippen molar-refractivity contribution in [3.8, 4) is 5.75 Å². The molecule has 0 aromatic heterocycles. The fourth-order valence-corrected chi connectivity index (χ4v) is 2.20. The van der Waals surface area contributed by atoms with Gasteiger partial charge in [0.25, 0.3) is 0 Å². The summed E-state index contributed by atoms with van der Waals surface area (Å²) in [5.74, 6) is 1.39. The molecule has 0 aliphatic heterocycles. The molecule has 0 heterocycles. The molecule has 1 aromatic rings. The van der Waals surface area contributed by atoms with Gasteiger partial charge in [-0.3, -0.25) is 0 Å². The number of carbonyl (C=O) groups excluding carboxylic acids is 1. The summed E-state index contributed by atoms with van der Waals surface area (Å²) in [7, 11) is 0. The van der Waals surface area contributed by atoms with E-state index in [1.54, 1.807) is 0 Å². The van der Waals surface area contributed by atoms with Gasteiger partial charge in [-0.2, -0.15) is 0 Å². The first-order valence-electron chi connectivity index (χ1n) is 8.38. The number of hydrogen-bond acceptors (Lipinski definition) is 3. The predicted octanol–water partition coefficient (Wildman–Crippen LogP) is 3.40. The molecule has 1 aromatic carbocycles. The van der Waals surface area contributed by atoms with Crippen molar-refractivity contribution in [2.45, 2.75) is 39.5 Å². The summed E-state index contributed by atoms with van der Waals surface area (Å²) in [4.78, 5) is 12.0. The first-order valence-corrected chi connectivity index (χ1v) is 8.38. The Morgan fingerprint density at radius 1 is 1.35 bits per heavy atom. The summed E-state index contributed by atoms with van der Waals surface area (Å²) in [6.07, 6.45) is 4.17. The van der Waals surface area contributed by atoms with E-state index >= 15 is 0 Å². The van der Waals surface area contributed by atoms with Crippen LogP contribution in [0.15, 0.2) is 24.3 Å². The smallest absolute Gasteiger partial charge is 0.319 e. The standard InChI is InChI=1S/C18H28N2O3/c1-18(2,13-21)10-5-11-19-17(22)20-15-6-3-4-7-16(15)23-12-14-8-9-14/h3-4,6-7,14,21H,5,8-13H2,1-2H3,(H2,19,20,22). The normalized spacial score (nSPS) is 14.4. The van der Waals surface area contributed by atoms with Crippen LogP contribution in [0, 0.1) is 11.3 Å². The molecule has 3 N–H and O–H groups in total. The molecule has 128 valence electrons. The second-order valence-corrected chi connectivity index (χ2v) is 7.06. The van der Waals surface area contributed by atoms with Gasteiger partial charge in [0.05, 0.1) is 12.3 Å². The number of urea groups is 1. The van der Waals surface area contributed by atoms with Gasteiger partial charge in [0, 0.05) is 13.2 Å². The molecule has 0 radical (unpaired) electrons. The van der Waals surface area contributed by atoms with E-state index in [9.17, 15) is 9.90 Å². The lowest BCUT2D eigenvalue weighted by Gasteiger charge is -2.21. The van der Waals surface area contributed by atoms with Gasteiger partial charge in [-0.1, -0.05) is 26.0 Å². The highest BCUT2D eigenvalue weighted by atomic mass is 16.5. The van der Waals surface area contributed by atoms with Crippen LogP contribution in [0.25, 0.3) is 0 Å². The molecule has 0 bridgehead atoms. The van der Waals surface area contributed by atoms with Crippen LogP contribution in [0.3, 0.4) is 0 Å². The lowest BCUT2D eigenvalue weighted by molar-refractivity contribution is 0.148. The number of para-hydroxylation sites is 2. The molecular weight excluding hydrogens is 292 g/mol. The molecule has 5 heteroatoms. The molecule has 1 saturated carbocycles. The molecule has 1 fully saturated rings. The maximum atomic E-state index is 12.0. The average Bonchev–Trinajstić information content (AvgIpc) is 3.35. The number of aliphatic hydroxyl groups is 1. The number of anilines is 1. The van der Waals surface area contributed by atoms with Crippen LogP contribution in [-0.2, 0) is 0 Å². The summed E-state index contributed by atoms with van der Waals surface area (Å²) >= 11 is 0. The monoisotopic (exact) mass is 320 g/mol. The van der Waals surface area contributed by atoms with Crippen LogP contribution in [0.2, 0.25) is 0 Å². The summed E-state index contributed by atoms with van der Waals surface area (Å²) < 4.78 is 5.78. The summed E-state index contributed by atoms with van der Waals surface area (Å²) in [6, 6.07) is 7.28. The maximum Gasteiger partial charge on any atom is 0.319 e. The highest BCUT2D eigenvalue weighted by molar-refractivity contribution is 5.90. The van der Waals surface area contributed by atoms with Crippen molar-refractivity contribution in [1.29, 1.82) is 0 Å². The SMILES string of the molecule is CC(C)(CO)CCCNC(=O)Nc1ccccc1OCC1CC1. The molecule has 2 amide bonds. The Hall–Kier alpha value is -1.75. The van der Waals surface area contributed by atoms with E-state index in [4.69, 9.17) is 4.74 Å². The molecule has 1 aliphatic carbocycles. The van der Waals surface area contributed by atoms with Crippen LogP contribution < -0.4 is 15.4 Å². The number of carbonyl (C=O) groups is 1. The van der Waals surface area contributed by atoms with Gasteiger partial charge in [-0.25, -0.2) is 4.79 Å². The zero-order chi connectivity index (χ0) is 16.7. The van der Waals surface area contributed by atoms with E-state index < -0.39 is 0 Å². The number of rotatable bonds is 9. The minimum Gasteiger partial charge on any atom is -0.491 e. The Morgan fingerprint density at radius 2 is 2.09 bits per heavy atom. The van der Waals surface area contributed by atoms with Crippen LogP contribution in [-0.4, -0.2) is 30.9 Å². The van der Waals surface area contributed by atoms with E-state index in [1.165, 1.54) is 12.8 Å². The van der Waals surface area contributed by atoms with E-state index in [1.807, 2.05) is 38.1 Å². The molecular formula is C18H28N2O3. The Balaban J connectivity index is 1.74. The van der Waals surface area contributed by atoms with Crippen molar-refractivity contribution in [2.24, 2.45) is 11.3 Å². The first-order chi connectivity index (χ1) is 11.0. The molecule has 5 nitrogen and oxygen atoms in total. The van der Waals surface area contributed by atoms with Gasteiger partial charge in [0.2, 0.25) is 0 Å². The first kappa shape index (κ1) is 17.6. The highest BCUT2D eigenvalue weighted by Crippen LogP contribution is 2.31. The minimum absolute atomic E-state index is 0.0958. The lowest BCUT2D eigenvalue weighted by Crippen LogP contribution is -2.30. The van der Waals surface area contributed by atoms with E-state index in [0.717, 1.165) is 25.2 Å². The van der Waals surface area contributed by atoms with Gasteiger partial charge in [-0.05, 0) is 49.1 Å². The van der Waals surface area contributed by atoms with Crippen molar-refractivity contribution in [1.82, 2.24) is 5.32 Å².